The summed E-state index contributed by atoms with van der Waals surface area (Å²) in [6, 6.07) is 12.1. The van der Waals surface area contributed by atoms with Crippen molar-refractivity contribution < 1.29 is 14.0 Å². The molecule has 0 spiro atoms. The number of hydrogen-bond acceptors (Lipinski definition) is 5. The van der Waals surface area contributed by atoms with Gasteiger partial charge in [0.25, 0.3) is 0 Å². The first kappa shape index (κ1) is 16.8. The number of benzene rings is 1. The predicted molar refractivity (Wildman–Crippen MR) is 95.3 cm³/mol. The first-order valence-electron chi connectivity index (χ1n) is 9.31. The van der Waals surface area contributed by atoms with Crippen LogP contribution in [0.2, 0.25) is 0 Å². The number of ether oxygens (including phenoxy) is 2. The maximum absolute atomic E-state index is 6.30. The van der Waals surface area contributed by atoms with E-state index >= 15 is 0 Å². The fourth-order valence-electron chi connectivity index (χ4n) is 3.98. The molecule has 2 aromatic rings. The molecule has 0 saturated carbocycles. The maximum atomic E-state index is 6.30. The minimum Gasteiger partial charge on any atom is -0.368 e. The average molecular weight is 342 g/mol. The van der Waals surface area contributed by atoms with E-state index in [1.54, 1.807) is 0 Å². The van der Waals surface area contributed by atoms with Crippen molar-refractivity contribution in [2.24, 2.45) is 0 Å². The standard InChI is InChI=1S/C20H26N2O3/c1-2-20(15-22-10-6-7-11-22)19(23-12-13-24-20)18-14-17(21-25-18)16-8-4-3-5-9-16/h3-5,8-9,14,19H,2,6-7,10-13,15H2,1H3. The summed E-state index contributed by atoms with van der Waals surface area (Å²) in [7, 11) is 0. The average Bonchev–Trinajstić information content (AvgIpc) is 3.35. The van der Waals surface area contributed by atoms with E-state index in [0.29, 0.717) is 13.2 Å². The third-order valence-electron chi connectivity index (χ3n) is 5.38. The summed E-state index contributed by atoms with van der Waals surface area (Å²) in [5, 5.41) is 4.27. The molecule has 2 unspecified atom stereocenters. The molecule has 5 nitrogen and oxygen atoms in total. The van der Waals surface area contributed by atoms with Crippen LogP contribution in [0, 0.1) is 0 Å². The second-order valence-corrected chi connectivity index (χ2v) is 6.98. The van der Waals surface area contributed by atoms with Crippen LogP contribution >= 0.6 is 0 Å². The first-order chi connectivity index (χ1) is 12.3. The molecule has 4 rings (SSSR count). The van der Waals surface area contributed by atoms with Crippen LogP contribution in [-0.4, -0.2) is 48.5 Å². The lowest BCUT2D eigenvalue weighted by atomic mass is 9.89. The van der Waals surface area contributed by atoms with Gasteiger partial charge in [-0.05, 0) is 32.4 Å². The van der Waals surface area contributed by atoms with Gasteiger partial charge in [0.15, 0.2) is 5.76 Å². The third kappa shape index (κ3) is 3.36. The zero-order valence-electron chi connectivity index (χ0n) is 14.8. The van der Waals surface area contributed by atoms with Crippen LogP contribution in [0.25, 0.3) is 11.3 Å². The van der Waals surface area contributed by atoms with Crippen LogP contribution in [0.15, 0.2) is 40.9 Å². The molecule has 2 aliphatic rings. The Kier molecular flexibility index (Phi) is 4.88. The topological polar surface area (TPSA) is 47.7 Å². The first-order valence-corrected chi connectivity index (χ1v) is 9.31. The molecular weight excluding hydrogens is 316 g/mol. The maximum Gasteiger partial charge on any atom is 0.169 e. The minimum absolute atomic E-state index is 0.211. The van der Waals surface area contributed by atoms with Gasteiger partial charge in [-0.3, -0.25) is 0 Å². The highest BCUT2D eigenvalue weighted by Crippen LogP contribution is 2.40. The molecule has 2 fully saturated rings. The van der Waals surface area contributed by atoms with E-state index < -0.39 is 0 Å². The summed E-state index contributed by atoms with van der Waals surface area (Å²) < 4.78 is 18.2. The van der Waals surface area contributed by atoms with Crippen LogP contribution in [0.3, 0.4) is 0 Å². The van der Waals surface area contributed by atoms with E-state index in [4.69, 9.17) is 14.0 Å². The molecule has 5 heteroatoms. The van der Waals surface area contributed by atoms with E-state index in [0.717, 1.165) is 43.1 Å². The normalized spacial score (nSPS) is 27.6. The zero-order chi connectivity index (χ0) is 17.1. The molecule has 0 bridgehead atoms. The van der Waals surface area contributed by atoms with Crippen molar-refractivity contribution in [1.29, 1.82) is 0 Å². The Morgan fingerprint density at radius 3 is 2.72 bits per heavy atom. The van der Waals surface area contributed by atoms with Gasteiger partial charge in [0.05, 0.1) is 13.2 Å². The van der Waals surface area contributed by atoms with Crippen molar-refractivity contribution in [2.75, 3.05) is 32.8 Å². The van der Waals surface area contributed by atoms with Crippen molar-refractivity contribution in [2.45, 2.75) is 37.9 Å². The molecule has 0 radical (unpaired) electrons. The second-order valence-electron chi connectivity index (χ2n) is 6.98. The van der Waals surface area contributed by atoms with E-state index in [9.17, 15) is 0 Å². The summed E-state index contributed by atoms with van der Waals surface area (Å²) >= 11 is 0. The Bertz CT molecular complexity index is 681. The Hall–Kier alpha value is -1.69. The smallest absolute Gasteiger partial charge is 0.169 e. The second kappa shape index (κ2) is 7.28. The van der Waals surface area contributed by atoms with Gasteiger partial charge in [0, 0.05) is 18.2 Å². The van der Waals surface area contributed by atoms with Crippen LogP contribution in [0.1, 0.15) is 38.1 Å². The lowest BCUT2D eigenvalue weighted by Crippen LogP contribution is -2.52. The lowest BCUT2D eigenvalue weighted by molar-refractivity contribution is -0.220. The summed E-state index contributed by atoms with van der Waals surface area (Å²) in [6.07, 6.45) is 3.21. The fourth-order valence-corrected chi connectivity index (χ4v) is 3.98. The molecule has 2 saturated heterocycles. The highest BCUT2D eigenvalue weighted by molar-refractivity contribution is 5.58. The van der Waals surface area contributed by atoms with Crippen LogP contribution in [0.5, 0.6) is 0 Å². The monoisotopic (exact) mass is 342 g/mol. The molecule has 2 atom stereocenters. The fraction of sp³-hybridized carbons (Fsp3) is 0.550. The van der Waals surface area contributed by atoms with Crippen LogP contribution in [0.4, 0.5) is 0 Å². The largest absolute Gasteiger partial charge is 0.368 e. The van der Waals surface area contributed by atoms with Gasteiger partial charge in [-0.1, -0.05) is 42.4 Å². The van der Waals surface area contributed by atoms with Crippen molar-refractivity contribution >= 4 is 0 Å². The number of likely N-dealkylation sites (tertiary alicyclic amines) is 1. The Labute approximate surface area is 148 Å². The van der Waals surface area contributed by atoms with Gasteiger partial charge >= 0.3 is 0 Å². The predicted octanol–water partition coefficient (Wildman–Crippen LogP) is 3.67. The third-order valence-corrected chi connectivity index (χ3v) is 5.38. The highest BCUT2D eigenvalue weighted by Gasteiger charge is 2.46. The minimum atomic E-state index is -0.365. The molecule has 0 N–H and O–H groups in total. The Morgan fingerprint density at radius 1 is 1.16 bits per heavy atom. The molecule has 2 aliphatic heterocycles. The SMILES string of the molecule is CCC1(CN2CCCC2)OCCOC1c1cc(-c2ccccc2)no1. The number of aromatic nitrogens is 1. The van der Waals surface area contributed by atoms with Crippen molar-refractivity contribution in [3.63, 3.8) is 0 Å². The van der Waals surface area contributed by atoms with E-state index in [-0.39, 0.29) is 11.7 Å². The van der Waals surface area contributed by atoms with Gasteiger partial charge in [-0.2, -0.15) is 0 Å². The number of rotatable bonds is 5. The van der Waals surface area contributed by atoms with Crippen LogP contribution in [-0.2, 0) is 9.47 Å². The van der Waals surface area contributed by atoms with Gasteiger partial charge in [-0.15, -0.1) is 0 Å². The van der Waals surface area contributed by atoms with E-state index in [1.165, 1.54) is 12.8 Å². The van der Waals surface area contributed by atoms with Gasteiger partial charge < -0.3 is 18.9 Å². The zero-order valence-corrected chi connectivity index (χ0v) is 14.8. The quantitative estimate of drug-likeness (QED) is 0.830. The number of hydrogen-bond donors (Lipinski definition) is 0. The van der Waals surface area contributed by atoms with Crippen molar-refractivity contribution in [1.82, 2.24) is 10.1 Å². The lowest BCUT2D eigenvalue weighted by Gasteiger charge is -2.44. The molecular formula is C20H26N2O3. The van der Waals surface area contributed by atoms with E-state index in [2.05, 4.69) is 17.0 Å². The van der Waals surface area contributed by atoms with Gasteiger partial charge in [0.2, 0.25) is 0 Å². The summed E-state index contributed by atoms with van der Waals surface area (Å²) in [5.41, 5.74) is 1.53. The molecule has 134 valence electrons. The molecule has 0 aliphatic carbocycles. The summed E-state index contributed by atoms with van der Waals surface area (Å²) in [4.78, 5) is 2.49. The Morgan fingerprint density at radius 2 is 1.96 bits per heavy atom. The molecule has 25 heavy (non-hydrogen) atoms. The molecule has 3 heterocycles. The highest BCUT2D eigenvalue weighted by atomic mass is 16.6. The molecule has 1 aromatic carbocycles. The summed E-state index contributed by atoms with van der Waals surface area (Å²) in [5.74, 6) is 0.764. The van der Waals surface area contributed by atoms with Gasteiger partial charge in [-0.25, -0.2) is 0 Å². The van der Waals surface area contributed by atoms with Crippen LogP contribution < -0.4 is 0 Å². The van der Waals surface area contributed by atoms with Gasteiger partial charge in [0.1, 0.15) is 17.4 Å². The van der Waals surface area contributed by atoms with Crippen molar-refractivity contribution in [3.8, 4) is 11.3 Å². The number of nitrogens with zero attached hydrogens (tertiary/aromatic N) is 2. The summed E-state index contributed by atoms with van der Waals surface area (Å²) in [6.45, 7) is 6.57. The molecule has 1 aromatic heterocycles. The Balaban J connectivity index is 1.61. The molecule has 0 amide bonds. The van der Waals surface area contributed by atoms with E-state index in [1.807, 2.05) is 36.4 Å². The van der Waals surface area contributed by atoms with Crippen molar-refractivity contribution in [3.05, 3.63) is 42.2 Å².